The van der Waals surface area contributed by atoms with Gasteiger partial charge in [-0.1, -0.05) is 11.6 Å². The van der Waals surface area contributed by atoms with Gasteiger partial charge in [0.25, 0.3) is 0 Å². The van der Waals surface area contributed by atoms with Crippen LogP contribution in [-0.2, 0) is 11.2 Å². The molecule has 1 aromatic carbocycles. The summed E-state index contributed by atoms with van der Waals surface area (Å²) in [7, 11) is 0. The number of aliphatic carboxylic acids is 1. The van der Waals surface area contributed by atoms with Gasteiger partial charge in [-0.15, -0.1) is 0 Å². The van der Waals surface area contributed by atoms with Gasteiger partial charge in [0, 0.05) is 16.3 Å². The highest BCUT2D eigenvalue weighted by Gasteiger charge is 2.11. The molecule has 2 N–H and O–H groups in total. The third-order valence-electron chi connectivity index (χ3n) is 2.42. The fourth-order valence-electron chi connectivity index (χ4n) is 1.56. The van der Waals surface area contributed by atoms with Crippen molar-refractivity contribution >= 4 is 17.6 Å². The minimum atomic E-state index is -0.887. The highest BCUT2D eigenvalue weighted by molar-refractivity contribution is 6.30. The summed E-state index contributed by atoms with van der Waals surface area (Å²) in [5, 5.41) is 9.39. The molecule has 0 aliphatic rings. The lowest BCUT2D eigenvalue weighted by Gasteiger charge is -1.95. The number of carboxylic acid groups (broad SMARTS) is 1. The van der Waals surface area contributed by atoms with Crippen molar-refractivity contribution in [2.24, 2.45) is 0 Å². The number of H-pyrrole nitrogens is 1. The molecule has 0 aliphatic heterocycles. The van der Waals surface area contributed by atoms with Crippen LogP contribution in [0.15, 0.2) is 24.3 Å². The van der Waals surface area contributed by atoms with E-state index in [2.05, 4.69) is 9.97 Å². The van der Waals surface area contributed by atoms with Crippen LogP contribution in [-0.4, -0.2) is 21.0 Å². The number of rotatable bonds is 3. The van der Waals surface area contributed by atoms with E-state index in [0.717, 1.165) is 11.3 Å². The van der Waals surface area contributed by atoms with Crippen LogP contribution in [0.4, 0.5) is 0 Å². The van der Waals surface area contributed by atoms with Gasteiger partial charge >= 0.3 is 5.97 Å². The number of aromatic nitrogens is 2. The van der Waals surface area contributed by atoms with Gasteiger partial charge in [-0.05, 0) is 31.2 Å². The van der Waals surface area contributed by atoms with E-state index in [9.17, 15) is 4.79 Å². The molecule has 0 saturated heterocycles. The Balaban J connectivity index is 2.34. The molecular formula is C12H11ClN2O2. The third kappa shape index (κ3) is 2.65. The van der Waals surface area contributed by atoms with Crippen LogP contribution in [0.1, 0.15) is 11.4 Å². The van der Waals surface area contributed by atoms with Crippen molar-refractivity contribution in [1.29, 1.82) is 0 Å². The Morgan fingerprint density at radius 3 is 2.65 bits per heavy atom. The molecule has 0 radical (unpaired) electrons. The van der Waals surface area contributed by atoms with Gasteiger partial charge in [-0.2, -0.15) is 0 Å². The quantitative estimate of drug-likeness (QED) is 0.880. The average Bonchev–Trinajstić information content (AvgIpc) is 2.60. The van der Waals surface area contributed by atoms with Gasteiger partial charge in [0.2, 0.25) is 0 Å². The third-order valence-corrected chi connectivity index (χ3v) is 2.67. The van der Waals surface area contributed by atoms with Gasteiger partial charge in [-0.3, -0.25) is 4.79 Å². The Bertz CT molecular complexity index is 546. The minimum absolute atomic E-state index is 0.0735. The zero-order valence-electron chi connectivity index (χ0n) is 9.20. The van der Waals surface area contributed by atoms with Crippen molar-refractivity contribution in [3.05, 3.63) is 40.7 Å². The van der Waals surface area contributed by atoms with Crippen LogP contribution in [0, 0.1) is 6.92 Å². The molecule has 1 heterocycles. The van der Waals surface area contributed by atoms with Crippen molar-refractivity contribution in [2.45, 2.75) is 13.3 Å². The Kier molecular flexibility index (Phi) is 3.15. The number of carboxylic acids is 1. The van der Waals surface area contributed by atoms with Gasteiger partial charge < -0.3 is 10.1 Å². The number of aryl methyl sites for hydroxylation is 1. The number of hydrogen-bond acceptors (Lipinski definition) is 2. The van der Waals surface area contributed by atoms with Crippen molar-refractivity contribution in [2.75, 3.05) is 0 Å². The van der Waals surface area contributed by atoms with Crippen LogP contribution in [0.2, 0.25) is 5.02 Å². The smallest absolute Gasteiger partial charge is 0.309 e. The molecule has 0 amide bonds. The molecule has 0 spiro atoms. The molecule has 0 atom stereocenters. The van der Waals surface area contributed by atoms with E-state index in [0.29, 0.717) is 16.5 Å². The second-order valence-electron chi connectivity index (χ2n) is 3.73. The molecule has 2 aromatic rings. The minimum Gasteiger partial charge on any atom is -0.481 e. The molecule has 0 fully saturated rings. The molecule has 0 bridgehead atoms. The number of aromatic amines is 1. The fraction of sp³-hybridized carbons (Fsp3) is 0.167. The lowest BCUT2D eigenvalue weighted by atomic mass is 10.2. The molecular weight excluding hydrogens is 240 g/mol. The summed E-state index contributed by atoms with van der Waals surface area (Å²) in [4.78, 5) is 18.0. The van der Waals surface area contributed by atoms with Gasteiger partial charge in [0.05, 0.1) is 12.1 Å². The molecule has 0 saturated carbocycles. The fourth-order valence-corrected chi connectivity index (χ4v) is 1.68. The summed E-state index contributed by atoms with van der Waals surface area (Å²) < 4.78 is 0. The average molecular weight is 251 g/mol. The number of carbonyl (C=O) groups is 1. The number of nitrogens with one attached hydrogen (secondary N) is 1. The van der Waals surface area contributed by atoms with E-state index in [1.807, 2.05) is 19.1 Å². The monoisotopic (exact) mass is 250 g/mol. The first kappa shape index (κ1) is 11.7. The summed E-state index contributed by atoms with van der Waals surface area (Å²) >= 11 is 5.80. The summed E-state index contributed by atoms with van der Waals surface area (Å²) in [6, 6.07) is 7.22. The van der Waals surface area contributed by atoms with Gasteiger partial charge in [0.15, 0.2) is 0 Å². The first-order valence-corrected chi connectivity index (χ1v) is 5.47. The maximum absolute atomic E-state index is 10.6. The van der Waals surface area contributed by atoms with E-state index in [-0.39, 0.29) is 6.42 Å². The normalized spacial score (nSPS) is 10.5. The van der Waals surface area contributed by atoms with Crippen LogP contribution in [0.3, 0.4) is 0 Å². The van der Waals surface area contributed by atoms with Crippen LogP contribution in [0.25, 0.3) is 11.4 Å². The molecule has 17 heavy (non-hydrogen) atoms. The zero-order chi connectivity index (χ0) is 12.4. The molecule has 0 unspecified atom stereocenters. The number of hydrogen-bond donors (Lipinski definition) is 2. The van der Waals surface area contributed by atoms with E-state index in [4.69, 9.17) is 16.7 Å². The first-order chi connectivity index (χ1) is 8.06. The highest BCUT2D eigenvalue weighted by Crippen LogP contribution is 2.20. The number of benzene rings is 1. The predicted octanol–water partition coefficient (Wildman–Crippen LogP) is 2.67. The zero-order valence-corrected chi connectivity index (χ0v) is 9.95. The Labute approximate surface area is 103 Å². The molecule has 1 aromatic heterocycles. The first-order valence-electron chi connectivity index (χ1n) is 5.09. The highest BCUT2D eigenvalue weighted by atomic mass is 35.5. The standard InChI is InChI=1S/C12H11ClN2O2/c1-7-10(6-11(16)17)15-12(14-7)8-2-4-9(13)5-3-8/h2-5H,6H2,1H3,(H,14,15)(H,16,17). The number of halogens is 1. The summed E-state index contributed by atoms with van der Waals surface area (Å²) in [5.74, 6) is -0.224. The molecule has 88 valence electrons. The second-order valence-corrected chi connectivity index (χ2v) is 4.17. The largest absolute Gasteiger partial charge is 0.481 e. The van der Waals surface area contributed by atoms with Crippen LogP contribution in [0.5, 0.6) is 0 Å². The molecule has 5 heteroatoms. The van der Waals surface area contributed by atoms with E-state index < -0.39 is 5.97 Å². The summed E-state index contributed by atoms with van der Waals surface area (Å²) in [5.41, 5.74) is 2.22. The van der Waals surface area contributed by atoms with Crippen LogP contribution < -0.4 is 0 Å². The maximum Gasteiger partial charge on any atom is 0.309 e. The Morgan fingerprint density at radius 1 is 1.41 bits per heavy atom. The van der Waals surface area contributed by atoms with Gasteiger partial charge in [0.1, 0.15) is 5.82 Å². The topological polar surface area (TPSA) is 66.0 Å². The van der Waals surface area contributed by atoms with Crippen molar-refractivity contribution in [3.63, 3.8) is 0 Å². The van der Waals surface area contributed by atoms with E-state index >= 15 is 0 Å². The molecule has 4 nitrogen and oxygen atoms in total. The van der Waals surface area contributed by atoms with Crippen molar-refractivity contribution in [3.8, 4) is 11.4 Å². The van der Waals surface area contributed by atoms with E-state index in [1.165, 1.54) is 0 Å². The van der Waals surface area contributed by atoms with E-state index in [1.54, 1.807) is 12.1 Å². The number of imidazole rings is 1. The van der Waals surface area contributed by atoms with Gasteiger partial charge in [-0.25, -0.2) is 4.98 Å². The molecule has 2 rings (SSSR count). The molecule has 0 aliphatic carbocycles. The summed E-state index contributed by atoms with van der Waals surface area (Å²) in [6.45, 7) is 1.81. The van der Waals surface area contributed by atoms with Crippen molar-refractivity contribution < 1.29 is 9.90 Å². The Morgan fingerprint density at radius 2 is 2.06 bits per heavy atom. The number of nitrogens with zero attached hydrogens (tertiary/aromatic N) is 1. The predicted molar refractivity (Wildman–Crippen MR) is 65.1 cm³/mol. The van der Waals surface area contributed by atoms with Crippen LogP contribution >= 0.6 is 11.6 Å². The SMILES string of the molecule is Cc1[nH]c(-c2ccc(Cl)cc2)nc1CC(=O)O. The Hall–Kier alpha value is -1.81. The summed E-state index contributed by atoms with van der Waals surface area (Å²) in [6.07, 6.45) is -0.0735. The lowest BCUT2D eigenvalue weighted by Crippen LogP contribution is -2.01. The lowest BCUT2D eigenvalue weighted by molar-refractivity contribution is -0.136. The second kappa shape index (κ2) is 4.59. The van der Waals surface area contributed by atoms with Crippen molar-refractivity contribution in [1.82, 2.24) is 9.97 Å². The maximum atomic E-state index is 10.6.